The second kappa shape index (κ2) is 15.9. The van der Waals surface area contributed by atoms with Crippen molar-refractivity contribution in [1.29, 1.82) is 0 Å². The van der Waals surface area contributed by atoms with E-state index >= 15 is 0 Å². The van der Waals surface area contributed by atoms with Crippen LogP contribution in [-0.4, -0.2) is 91.9 Å². The summed E-state index contributed by atoms with van der Waals surface area (Å²) in [6.07, 6.45) is -9.30. The molecule has 0 spiro atoms. The van der Waals surface area contributed by atoms with Gasteiger partial charge in [0.2, 0.25) is 6.29 Å². The molecule has 0 aliphatic carbocycles. The third-order valence-corrected chi connectivity index (χ3v) is 6.63. The van der Waals surface area contributed by atoms with Crippen molar-refractivity contribution < 1.29 is 61.8 Å². The summed E-state index contributed by atoms with van der Waals surface area (Å²) < 4.78 is 52.8. The molecule has 2 aliphatic heterocycles. The highest BCUT2D eigenvalue weighted by atomic mass is 16.8. The largest absolute Gasteiger partial charge is 0.456 e. The molecule has 3 rings (SSSR count). The molecule has 238 valence electrons. The maximum absolute atomic E-state index is 12.2. The van der Waals surface area contributed by atoms with Crippen molar-refractivity contribution in [2.75, 3.05) is 6.61 Å². The van der Waals surface area contributed by atoms with Gasteiger partial charge in [-0.3, -0.25) is 19.2 Å². The lowest BCUT2D eigenvalue weighted by Crippen LogP contribution is -2.65. The Hall–Kier alpha value is -3.36. The van der Waals surface area contributed by atoms with Gasteiger partial charge < -0.3 is 42.6 Å². The van der Waals surface area contributed by atoms with Crippen LogP contribution in [0.1, 0.15) is 47.1 Å². The van der Waals surface area contributed by atoms with E-state index in [0.29, 0.717) is 0 Å². The molecule has 0 unspecified atom stereocenters. The van der Waals surface area contributed by atoms with E-state index in [0.717, 1.165) is 12.5 Å². The number of ether oxygens (including phenoxy) is 9. The van der Waals surface area contributed by atoms with Gasteiger partial charge in [-0.05, 0) is 19.4 Å². The fourth-order valence-corrected chi connectivity index (χ4v) is 4.97. The molecule has 13 nitrogen and oxygen atoms in total. The van der Waals surface area contributed by atoms with Crippen molar-refractivity contribution in [1.82, 2.24) is 0 Å². The first-order valence-electron chi connectivity index (χ1n) is 13.9. The molecule has 2 saturated heterocycles. The molecular formula is C30H40O13. The van der Waals surface area contributed by atoms with E-state index in [4.69, 9.17) is 42.6 Å². The zero-order valence-corrected chi connectivity index (χ0v) is 25.2. The van der Waals surface area contributed by atoms with Crippen molar-refractivity contribution >= 4 is 23.9 Å². The number of carbonyl (C=O) groups is 4. The van der Waals surface area contributed by atoms with Crippen LogP contribution in [0.2, 0.25) is 0 Å². The van der Waals surface area contributed by atoms with Crippen LogP contribution in [0.15, 0.2) is 43.0 Å². The van der Waals surface area contributed by atoms with Crippen LogP contribution in [0.4, 0.5) is 0 Å². The molecule has 2 fully saturated rings. The number of benzene rings is 1. The van der Waals surface area contributed by atoms with Crippen LogP contribution >= 0.6 is 0 Å². The third-order valence-electron chi connectivity index (χ3n) is 6.63. The Morgan fingerprint density at radius 2 is 1.21 bits per heavy atom. The second-order valence-electron chi connectivity index (χ2n) is 10.2. The van der Waals surface area contributed by atoms with Crippen molar-refractivity contribution in [2.24, 2.45) is 0 Å². The number of hydrogen-bond donors (Lipinski definition) is 0. The molecular weight excluding hydrogens is 568 g/mol. The van der Waals surface area contributed by atoms with Crippen LogP contribution in [0.3, 0.4) is 0 Å². The molecule has 2 aliphatic rings. The van der Waals surface area contributed by atoms with Crippen molar-refractivity contribution in [3.63, 3.8) is 0 Å². The maximum atomic E-state index is 12.2. The standard InChI is InChI=1S/C30H40O13/c1-8-14-35-23-16(2)37-29(42-21(7)34)27(36-15-22-12-10-9-11-13-22)25(23)43-30-28(41-20(6)33)26(40-19(5)32)24(17(3)38-30)39-18(4)31/h8-13,16-17,23-30H,1,14-15H2,2-7H3/t16-,17-,23-,24-,25+,26+,27+,28+,29-,30-/m0/s1. The first-order valence-corrected chi connectivity index (χ1v) is 13.9. The van der Waals surface area contributed by atoms with Crippen LogP contribution in [0.5, 0.6) is 0 Å². The number of esters is 4. The quantitative estimate of drug-likeness (QED) is 0.194. The van der Waals surface area contributed by atoms with Gasteiger partial charge in [-0.1, -0.05) is 36.4 Å². The molecule has 10 atom stereocenters. The highest BCUT2D eigenvalue weighted by Crippen LogP contribution is 2.35. The highest BCUT2D eigenvalue weighted by molar-refractivity contribution is 5.68. The summed E-state index contributed by atoms with van der Waals surface area (Å²) in [5.41, 5.74) is 0.824. The van der Waals surface area contributed by atoms with Gasteiger partial charge in [0, 0.05) is 27.7 Å². The normalized spacial score (nSPS) is 32.2. The average Bonchev–Trinajstić information content (AvgIpc) is 2.91. The van der Waals surface area contributed by atoms with Gasteiger partial charge in [-0.15, -0.1) is 6.58 Å². The second-order valence-corrected chi connectivity index (χ2v) is 10.2. The fourth-order valence-electron chi connectivity index (χ4n) is 4.97. The van der Waals surface area contributed by atoms with Gasteiger partial charge in [0.25, 0.3) is 0 Å². The third kappa shape index (κ3) is 9.57. The summed E-state index contributed by atoms with van der Waals surface area (Å²) in [6, 6.07) is 9.27. The lowest BCUT2D eigenvalue weighted by atomic mass is 9.96. The summed E-state index contributed by atoms with van der Waals surface area (Å²) in [4.78, 5) is 48.3. The number of rotatable bonds is 12. The van der Waals surface area contributed by atoms with Gasteiger partial charge in [-0.2, -0.15) is 0 Å². The van der Waals surface area contributed by atoms with Gasteiger partial charge in [0.05, 0.1) is 25.4 Å². The lowest BCUT2D eigenvalue weighted by molar-refractivity contribution is -0.359. The van der Waals surface area contributed by atoms with E-state index in [1.807, 2.05) is 30.3 Å². The summed E-state index contributed by atoms with van der Waals surface area (Å²) in [7, 11) is 0. The Morgan fingerprint density at radius 3 is 1.79 bits per heavy atom. The van der Waals surface area contributed by atoms with E-state index in [9.17, 15) is 19.2 Å². The summed E-state index contributed by atoms with van der Waals surface area (Å²) >= 11 is 0. The molecule has 1 aromatic rings. The molecule has 0 aromatic heterocycles. The number of hydrogen-bond acceptors (Lipinski definition) is 13. The summed E-state index contributed by atoms with van der Waals surface area (Å²) in [5, 5.41) is 0. The van der Waals surface area contributed by atoms with E-state index in [1.165, 1.54) is 20.8 Å². The van der Waals surface area contributed by atoms with E-state index < -0.39 is 85.3 Å². The first kappa shape index (κ1) is 34.1. The average molecular weight is 609 g/mol. The molecule has 2 heterocycles. The van der Waals surface area contributed by atoms with E-state index in [1.54, 1.807) is 19.9 Å². The van der Waals surface area contributed by atoms with Gasteiger partial charge in [0.15, 0.2) is 24.6 Å². The van der Waals surface area contributed by atoms with Crippen LogP contribution in [0.25, 0.3) is 0 Å². The Balaban J connectivity index is 2.03. The SMILES string of the molecule is C=CCO[C@@H]1[C@@H](O[C@@H]2O[C@@H](C)[C@H](OC(C)=O)[C@@H](OC(C)=O)[C@H]2OC(C)=O)[C@@H](OCc2ccccc2)[C@H](OC(C)=O)O[C@H]1C. The van der Waals surface area contributed by atoms with Crippen LogP contribution < -0.4 is 0 Å². The van der Waals surface area contributed by atoms with Crippen molar-refractivity contribution in [3.8, 4) is 0 Å². The maximum Gasteiger partial charge on any atom is 0.305 e. The minimum absolute atomic E-state index is 0.0922. The molecule has 0 N–H and O–H groups in total. The van der Waals surface area contributed by atoms with Crippen LogP contribution in [0, 0.1) is 0 Å². The monoisotopic (exact) mass is 608 g/mol. The van der Waals surface area contributed by atoms with Gasteiger partial charge in [0.1, 0.15) is 18.3 Å². The van der Waals surface area contributed by atoms with E-state index in [-0.39, 0.29) is 13.2 Å². The molecule has 0 saturated carbocycles. The fraction of sp³-hybridized carbons (Fsp3) is 0.600. The minimum atomic E-state index is -1.37. The Labute approximate surface area is 250 Å². The minimum Gasteiger partial charge on any atom is -0.456 e. The Bertz CT molecular complexity index is 1110. The number of carbonyl (C=O) groups excluding carboxylic acids is 4. The molecule has 43 heavy (non-hydrogen) atoms. The topological polar surface area (TPSA) is 151 Å². The predicted molar refractivity (Wildman–Crippen MR) is 147 cm³/mol. The molecule has 13 heteroatoms. The predicted octanol–water partition coefficient (Wildman–Crippen LogP) is 2.38. The van der Waals surface area contributed by atoms with Crippen molar-refractivity contribution in [2.45, 2.75) is 110 Å². The van der Waals surface area contributed by atoms with Crippen molar-refractivity contribution in [3.05, 3.63) is 48.6 Å². The zero-order valence-electron chi connectivity index (χ0n) is 25.2. The molecule has 0 bridgehead atoms. The first-order chi connectivity index (χ1) is 20.4. The lowest BCUT2D eigenvalue weighted by Gasteiger charge is -2.48. The summed E-state index contributed by atoms with van der Waals surface area (Å²) in [5.74, 6) is -2.72. The Morgan fingerprint density at radius 1 is 0.674 bits per heavy atom. The smallest absolute Gasteiger partial charge is 0.305 e. The highest BCUT2D eigenvalue weighted by Gasteiger charge is 2.55. The summed E-state index contributed by atoms with van der Waals surface area (Å²) in [6.45, 7) is 12.0. The molecule has 0 radical (unpaired) electrons. The molecule has 1 aromatic carbocycles. The molecule has 0 amide bonds. The van der Waals surface area contributed by atoms with Gasteiger partial charge in [-0.25, -0.2) is 0 Å². The van der Waals surface area contributed by atoms with Crippen LogP contribution in [-0.2, 0) is 68.4 Å². The zero-order chi connectivity index (χ0) is 31.7. The Kier molecular flexibility index (Phi) is 12.6. The van der Waals surface area contributed by atoms with Gasteiger partial charge >= 0.3 is 23.9 Å². The van der Waals surface area contributed by atoms with E-state index in [2.05, 4.69) is 6.58 Å².